The second kappa shape index (κ2) is 6.72. The number of hydrogen-bond donors (Lipinski definition) is 1. The van der Waals surface area contributed by atoms with Crippen LogP contribution in [0.3, 0.4) is 0 Å². The smallest absolute Gasteiger partial charge is 0.179 e. The van der Waals surface area contributed by atoms with Gasteiger partial charge in [-0.25, -0.2) is 0 Å². The number of halogens is 1. The number of nitrogens with one attached hydrogen (secondary N) is 1. The fourth-order valence-corrected chi connectivity index (χ4v) is 2.28. The molecular weight excluding hydrogens is 290 g/mol. The zero-order chi connectivity index (χ0) is 15.4. The Morgan fingerprint density at radius 2 is 2.05 bits per heavy atom. The summed E-state index contributed by atoms with van der Waals surface area (Å²) in [6.45, 7) is 4.76. The van der Waals surface area contributed by atoms with Crippen LogP contribution in [0.25, 0.3) is 0 Å². The van der Waals surface area contributed by atoms with E-state index < -0.39 is 0 Å². The van der Waals surface area contributed by atoms with Crippen molar-refractivity contribution in [3.05, 3.63) is 35.1 Å². The molecule has 0 saturated carbocycles. The van der Waals surface area contributed by atoms with Gasteiger partial charge in [-0.15, -0.1) is 0 Å². The molecule has 0 amide bonds. The average molecular weight is 310 g/mol. The van der Waals surface area contributed by atoms with Crippen LogP contribution in [-0.2, 0) is 6.54 Å². The molecule has 1 N–H and O–H groups in total. The number of aromatic nitrogens is 2. The number of methoxy groups -OCH3 is 2. The van der Waals surface area contributed by atoms with Crippen molar-refractivity contribution in [2.24, 2.45) is 0 Å². The summed E-state index contributed by atoms with van der Waals surface area (Å²) in [6, 6.07) is 4.10. The van der Waals surface area contributed by atoms with Gasteiger partial charge in [-0.3, -0.25) is 4.68 Å². The molecule has 0 radical (unpaired) electrons. The Balaban J connectivity index is 2.12. The van der Waals surface area contributed by atoms with Crippen molar-refractivity contribution in [3.8, 4) is 11.5 Å². The maximum absolute atomic E-state index is 6.35. The molecule has 0 aliphatic carbocycles. The van der Waals surface area contributed by atoms with Gasteiger partial charge < -0.3 is 14.8 Å². The molecule has 0 aliphatic rings. The lowest BCUT2D eigenvalue weighted by Gasteiger charge is -2.13. The summed E-state index contributed by atoms with van der Waals surface area (Å²) in [5, 5.41) is 8.15. The molecule has 1 aromatic carbocycles. The molecule has 21 heavy (non-hydrogen) atoms. The molecule has 0 saturated heterocycles. The maximum atomic E-state index is 6.35. The Kier molecular flexibility index (Phi) is 4.96. The first-order valence-corrected chi connectivity index (χ1v) is 7.12. The standard InChI is InChI=1S/C15H20ClN3O2/c1-10(2)19-9-12(8-18-19)17-7-11-5-6-13(20-3)15(21-4)14(11)16/h5-6,8-10,17H,7H2,1-4H3. The monoisotopic (exact) mass is 309 g/mol. The molecule has 2 rings (SSSR count). The minimum absolute atomic E-state index is 0.338. The van der Waals surface area contributed by atoms with Gasteiger partial charge in [0, 0.05) is 18.8 Å². The van der Waals surface area contributed by atoms with Gasteiger partial charge in [-0.1, -0.05) is 17.7 Å². The van der Waals surface area contributed by atoms with Crippen molar-refractivity contribution in [2.75, 3.05) is 19.5 Å². The predicted octanol–water partition coefficient (Wildman–Crippen LogP) is 3.75. The van der Waals surface area contributed by atoms with Crippen LogP contribution in [0, 0.1) is 0 Å². The van der Waals surface area contributed by atoms with E-state index in [0.717, 1.165) is 11.3 Å². The van der Waals surface area contributed by atoms with Crippen LogP contribution in [0.1, 0.15) is 25.5 Å². The van der Waals surface area contributed by atoms with E-state index >= 15 is 0 Å². The molecule has 0 fully saturated rings. The van der Waals surface area contributed by atoms with E-state index in [0.29, 0.717) is 29.1 Å². The molecule has 114 valence electrons. The van der Waals surface area contributed by atoms with Gasteiger partial charge in [0.2, 0.25) is 0 Å². The molecule has 0 atom stereocenters. The van der Waals surface area contributed by atoms with E-state index in [9.17, 15) is 0 Å². The van der Waals surface area contributed by atoms with Crippen LogP contribution < -0.4 is 14.8 Å². The second-order valence-corrected chi connectivity index (χ2v) is 5.31. The third-order valence-corrected chi connectivity index (χ3v) is 3.59. The summed E-state index contributed by atoms with van der Waals surface area (Å²) in [4.78, 5) is 0. The predicted molar refractivity (Wildman–Crippen MR) is 84.5 cm³/mol. The highest BCUT2D eigenvalue weighted by Gasteiger charge is 2.13. The summed E-state index contributed by atoms with van der Waals surface area (Å²) >= 11 is 6.35. The van der Waals surface area contributed by atoms with Crippen molar-refractivity contribution >= 4 is 17.3 Å². The fraction of sp³-hybridized carbons (Fsp3) is 0.400. The molecule has 1 aromatic heterocycles. The minimum atomic E-state index is 0.338. The van der Waals surface area contributed by atoms with Crippen molar-refractivity contribution in [1.29, 1.82) is 0 Å². The zero-order valence-electron chi connectivity index (χ0n) is 12.7. The van der Waals surface area contributed by atoms with Crippen LogP contribution in [0.4, 0.5) is 5.69 Å². The first-order valence-electron chi connectivity index (χ1n) is 6.74. The van der Waals surface area contributed by atoms with Crippen molar-refractivity contribution in [3.63, 3.8) is 0 Å². The molecule has 6 heteroatoms. The summed E-state index contributed by atoms with van der Waals surface area (Å²) in [7, 11) is 3.17. The van der Waals surface area contributed by atoms with E-state index in [1.165, 1.54) is 0 Å². The van der Waals surface area contributed by atoms with Gasteiger partial charge in [-0.2, -0.15) is 5.10 Å². The number of nitrogens with zero attached hydrogens (tertiary/aromatic N) is 2. The number of anilines is 1. The van der Waals surface area contributed by atoms with E-state index in [2.05, 4.69) is 24.3 Å². The van der Waals surface area contributed by atoms with Crippen LogP contribution >= 0.6 is 11.6 Å². The van der Waals surface area contributed by atoms with Gasteiger partial charge in [0.05, 0.1) is 31.1 Å². The molecule has 2 aromatic rings. The lowest BCUT2D eigenvalue weighted by Crippen LogP contribution is -2.02. The van der Waals surface area contributed by atoms with Crippen LogP contribution in [0.2, 0.25) is 5.02 Å². The SMILES string of the molecule is COc1ccc(CNc2cnn(C(C)C)c2)c(Cl)c1OC. The number of ether oxygens (including phenoxy) is 2. The quantitative estimate of drug-likeness (QED) is 0.883. The largest absolute Gasteiger partial charge is 0.493 e. The van der Waals surface area contributed by atoms with E-state index in [1.807, 2.05) is 23.0 Å². The van der Waals surface area contributed by atoms with Crippen LogP contribution in [0.5, 0.6) is 11.5 Å². The normalized spacial score (nSPS) is 10.8. The number of benzene rings is 1. The van der Waals surface area contributed by atoms with Crippen LogP contribution in [-0.4, -0.2) is 24.0 Å². The summed E-state index contributed by atoms with van der Waals surface area (Å²) in [5.41, 5.74) is 1.89. The topological polar surface area (TPSA) is 48.3 Å². The van der Waals surface area contributed by atoms with Gasteiger partial charge in [0.1, 0.15) is 0 Å². The number of rotatable bonds is 6. The molecule has 0 spiro atoms. The Bertz CT molecular complexity index is 611. The van der Waals surface area contributed by atoms with E-state index in [-0.39, 0.29) is 0 Å². The Labute approximate surface area is 129 Å². The maximum Gasteiger partial charge on any atom is 0.179 e. The highest BCUT2D eigenvalue weighted by Crippen LogP contribution is 2.37. The molecule has 5 nitrogen and oxygen atoms in total. The Hall–Kier alpha value is -1.88. The van der Waals surface area contributed by atoms with E-state index in [1.54, 1.807) is 20.4 Å². The second-order valence-electron chi connectivity index (χ2n) is 4.93. The summed E-state index contributed by atoms with van der Waals surface area (Å²) in [6.07, 6.45) is 3.77. The fourth-order valence-electron chi connectivity index (χ4n) is 1.98. The Morgan fingerprint density at radius 1 is 1.29 bits per heavy atom. The molecule has 0 unspecified atom stereocenters. The van der Waals surface area contributed by atoms with Gasteiger partial charge in [-0.05, 0) is 25.5 Å². The van der Waals surface area contributed by atoms with Gasteiger partial charge >= 0.3 is 0 Å². The first-order chi connectivity index (χ1) is 10.1. The van der Waals surface area contributed by atoms with Gasteiger partial charge in [0.25, 0.3) is 0 Å². The number of hydrogen-bond acceptors (Lipinski definition) is 4. The Morgan fingerprint density at radius 3 is 2.62 bits per heavy atom. The molecule has 0 aliphatic heterocycles. The van der Waals surface area contributed by atoms with Crippen molar-refractivity contribution < 1.29 is 9.47 Å². The summed E-state index contributed by atoms with van der Waals surface area (Å²) in [5.74, 6) is 1.18. The average Bonchev–Trinajstić information content (AvgIpc) is 2.94. The molecule has 0 bridgehead atoms. The molecule has 1 heterocycles. The van der Waals surface area contributed by atoms with Crippen molar-refractivity contribution in [2.45, 2.75) is 26.4 Å². The third-order valence-electron chi connectivity index (χ3n) is 3.18. The zero-order valence-corrected chi connectivity index (χ0v) is 13.4. The van der Waals surface area contributed by atoms with E-state index in [4.69, 9.17) is 21.1 Å². The lowest BCUT2D eigenvalue weighted by molar-refractivity contribution is 0.355. The van der Waals surface area contributed by atoms with Gasteiger partial charge in [0.15, 0.2) is 11.5 Å². The van der Waals surface area contributed by atoms with Crippen LogP contribution in [0.15, 0.2) is 24.5 Å². The molecular formula is C15H20ClN3O2. The third kappa shape index (κ3) is 3.42. The minimum Gasteiger partial charge on any atom is -0.493 e. The van der Waals surface area contributed by atoms with Crippen molar-refractivity contribution in [1.82, 2.24) is 9.78 Å². The lowest BCUT2D eigenvalue weighted by atomic mass is 10.2. The highest BCUT2D eigenvalue weighted by molar-refractivity contribution is 6.33. The summed E-state index contributed by atoms with van der Waals surface area (Å²) < 4.78 is 12.4. The first kappa shape index (κ1) is 15.5. The highest BCUT2D eigenvalue weighted by atomic mass is 35.5.